The van der Waals surface area contributed by atoms with E-state index < -0.39 is 0 Å². The number of nitrogens with two attached hydrogens (primary N) is 1. The Labute approximate surface area is 171 Å². The number of rotatable bonds is 5. The molecule has 150 valence electrons. The van der Waals surface area contributed by atoms with Gasteiger partial charge in [0.2, 0.25) is 0 Å². The molecule has 0 atom stereocenters. The van der Waals surface area contributed by atoms with Gasteiger partial charge < -0.3 is 16.0 Å². The molecule has 4 nitrogen and oxygen atoms in total. The number of hydrogen-bond acceptors (Lipinski definition) is 2. The Kier molecular flexibility index (Phi) is 6.17. The molecular formula is C24H26FN3O. The van der Waals surface area contributed by atoms with Crippen LogP contribution in [0.4, 0.5) is 9.18 Å². The molecule has 5 heteroatoms. The summed E-state index contributed by atoms with van der Waals surface area (Å²) < 4.78 is 13.0. The van der Waals surface area contributed by atoms with Crippen LogP contribution in [0.1, 0.15) is 36.1 Å². The van der Waals surface area contributed by atoms with Gasteiger partial charge in [-0.25, -0.2) is 9.18 Å². The second-order valence-electron chi connectivity index (χ2n) is 7.15. The fourth-order valence-electron chi connectivity index (χ4n) is 3.37. The summed E-state index contributed by atoms with van der Waals surface area (Å²) in [6.07, 6.45) is 4.45. The lowest BCUT2D eigenvalue weighted by atomic mass is 10.0. The van der Waals surface area contributed by atoms with Crippen molar-refractivity contribution in [3.63, 3.8) is 0 Å². The van der Waals surface area contributed by atoms with Crippen LogP contribution in [0.15, 0.2) is 72.6 Å². The van der Waals surface area contributed by atoms with Gasteiger partial charge in [0.15, 0.2) is 0 Å². The summed E-state index contributed by atoms with van der Waals surface area (Å²) in [4.78, 5) is 14.4. The van der Waals surface area contributed by atoms with Crippen LogP contribution in [0, 0.1) is 5.82 Å². The van der Waals surface area contributed by atoms with Crippen molar-refractivity contribution in [3.05, 3.63) is 101 Å². The number of carbonyl (C=O) groups is 1. The second-order valence-corrected chi connectivity index (χ2v) is 7.15. The number of halogens is 1. The minimum Gasteiger partial charge on any atom is -0.397 e. The largest absolute Gasteiger partial charge is 0.397 e. The zero-order chi connectivity index (χ0) is 21.0. The molecule has 1 aliphatic rings. The molecule has 0 radical (unpaired) electrons. The van der Waals surface area contributed by atoms with Crippen molar-refractivity contribution in [2.75, 3.05) is 0 Å². The van der Waals surface area contributed by atoms with Crippen molar-refractivity contribution in [1.29, 1.82) is 0 Å². The first-order valence-corrected chi connectivity index (χ1v) is 9.64. The molecule has 3 N–H and O–H groups in total. The van der Waals surface area contributed by atoms with Gasteiger partial charge in [0.05, 0.1) is 11.4 Å². The summed E-state index contributed by atoms with van der Waals surface area (Å²) in [5, 5.41) is 2.79. The molecule has 3 rings (SSSR count). The highest BCUT2D eigenvalue weighted by Gasteiger charge is 2.25. The predicted octanol–water partition coefficient (Wildman–Crippen LogP) is 4.87. The van der Waals surface area contributed by atoms with E-state index in [4.69, 9.17) is 5.73 Å². The first-order chi connectivity index (χ1) is 13.9. The van der Waals surface area contributed by atoms with E-state index in [0.29, 0.717) is 24.5 Å². The zero-order valence-electron chi connectivity index (χ0n) is 16.8. The monoisotopic (exact) mass is 391 g/mol. The normalized spacial score (nSPS) is 14.0. The fourth-order valence-corrected chi connectivity index (χ4v) is 3.37. The lowest BCUT2D eigenvalue weighted by Crippen LogP contribution is -2.36. The predicted molar refractivity (Wildman–Crippen MR) is 115 cm³/mol. The van der Waals surface area contributed by atoms with Crippen LogP contribution in [0.2, 0.25) is 0 Å². The molecule has 2 aromatic carbocycles. The summed E-state index contributed by atoms with van der Waals surface area (Å²) in [5.41, 5.74) is 12.3. The topological polar surface area (TPSA) is 58.4 Å². The molecule has 1 aliphatic heterocycles. The van der Waals surface area contributed by atoms with E-state index in [1.165, 1.54) is 28.8 Å². The minimum absolute atomic E-state index is 0.219. The first kappa shape index (κ1) is 20.4. The van der Waals surface area contributed by atoms with Crippen molar-refractivity contribution in [2.45, 2.75) is 33.4 Å². The van der Waals surface area contributed by atoms with E-state index in [9.17, 15) is 9.18 Å². The minimum atomic E-state index is -0.275. The molecule has 0 saturated carbocycles. The molecule has 1 heterocycles. The van der Waals surface area contributed by atoms with Gasteiger partial charge in [-0.3, -0.25) is 0 Å². The van der Waals surface area contributed by atoms with E-state index in [2.05, 4.69) is 31.0 Å². The van der Waals surface area contributed by atoms with Gasteiger partial charge in [-0.1, -0.05) is 49.9 Å². The molecule has 0 fully saturated rings. The third-order valence-electron chi connectivity index (χ3n) is 5.17. The molecule has 0 aliphatic carbocycles. The molecule has 0 aromatic heterocycles. The Balaban J connectivity index is 1.62. The van der Waals surface area contributed by atoms with Crippen molar-refractivity contribution in [2.24, 2.45) is 5.73 Å². The maximum Gasteiger partial charge on any atom is 0.322 e. The van der Waals surface area contributed by atoms with E-state index in [1.807, 2.05) is 19.1 Å². The number of carbonyl (C=O) groups excluding carboxylic acids is 1. The van der Waals surface area contributed by atoms with Crippen LogP contribution in [-0.2, 0) is 19.5 Å². The number of aryl methyl sites for hydroxylation is 1. The van der Waals surface area contributed by atoms with Gasteiger partial charge in [-0.2, -0.15) is 0 Å². The SMILES string of the molecule is C=C(NC(=O)N1Cc2cccc(CC)c2C1)/C(N)=C\C=C(/C)c1ccc(F)cc1. The second kappa shape index (κ2) is 8.78. The highest BCUT2D eigenvalue weighted by atomic mass is 19.1. The van der Waals surface area contributed by atoms with Gasteiger partial charge in [0.1, 0.15) is 5.82 Å². The molecule has 0 bridgehead atoms. The van der Waals surface area contributed by atoms with Crippen molar-refractivity contribution in [3.8, 4) is 0 Å². The molecule has 0 unspecified atom stereocenters. The highest BCUT2D eigenvalue weighted by molar-refractivity contribution is 5.78. The van der Waals surface area contributed by atoms with Crippen LogP contribution in [0.5, 0.6) is 0 Å². The average molecular weight is 391 g/mol. The quantitative estimate of drug-likeness (QED) is 0.714. The molecule has 2 amide bonds. The molecule has 0 spiro atoms. The van der Waals surface area contributed by atoms with Gasteiger partial charge in [-0.05, 0) is 59.4 Å². The van der Waals surface area contributed by atoms with Crippen LogP contribution in [-0.4, -0.2) is 10.9 Å². The third-order valence-corrected chi connectivity index (χ3v) is 5.17. The zero-order valence-corrected chi connectivity index (χ0v) is 16.8. The Hall–Kier alpha value is -3.34. The Bertz CT molecular complexity index is 990. The van der Waals surface area contributed by atoms with E-state index >= 15 is 0 Å². The Morgan fingerprint density at radius 1 is 1.21 bits per heavy atom. The van der Waals surface area contributed by atoms with E-state index in [0.717, 1.165) is 17.6 Å². The summed E-state index contributed by atoms with van der Waals surface area (Å²) in [6, 6.07) is 12.2. The Morgan fingerprint density at radius 2 is 1.93 bits per heavy atom. The smallest absolute Gasteiger partial charge is 0.322 e. The van der Waals surface area contributed by atoms with Crippen molar-refractivity contribution in [1.82, 2.24) is 10.2 Å². The number of fused-ring (bicyclic) bond motifs is 1. The molecule has 0 saturated heterocycles. The van der Waals surface area contributed by atoms with E-state index in [1.54, 1.807) is 23.1 Å². The summed E-state index contributed by atoms with van der Waals surface area (Å²) in [6.45, 7) is 9.07. The summed E-state index contributed by atoms with van der Waals surface area (Å²) in [5.74, 6) is -0.275. The number of nitrogens with zero attached hydrogens (tertiary/aromatic N) is 1. The summed E-state index contributed by atoms with van der Waals surface area (Å²) in [7, 11) is 0. The van der Waals surface area contributed by atoms with Gasteiger partial charge >= 0.3 is 6.03 Å². The third kappa shape index (κ3) is 4.74. The lowest BCUT2D eigenvalue weighted by Gasteiger charge is -2.18. The number of amides is 2. The average Bonchev–Trinajstić information content (AvgIpc) is 3.16. The van der Waals surface area contributed by atoms with Gasteiger partial charge in [0.25, 0.3) is 0 Å². The molecule has 2 aromatic rings. The van der Waals surface area contributed by atoms with E-state index in [-0.39, 0.29) is 11.8 Å². The highest BCUT2D eigenvalue weighted by Crippen LogP contribution is 2.26. The van der Waals surface area contributed by atoms with Crippen molar-refractivity contribution < 1.29 is 9.18 Å². The molecular weight excluding hydrogens is 365 g/mol. The van der Waals surface area contributed by atoms with Crippen LogP contribution in [0.3, 0.4) is 0 Å². The number of urea groups is 1. The number of allylic oxidation sites excluding steroid dienone is 3. The van der Waals surface area contributed by atoms with Crippen LogP contribution < -0.4 is 11.1 Å². The summed E-state index contributed by atoms with van der Waals surface area (Å²) >= 11 is 0. The van der Waals surface area contributed by atoms with Gasteiger partial charge in [-0.15, -0.1) is 0 Å². The Morgan fingerprint density at radius 3 is 2.62 bits per heavy atom. The molecule has 29 heavy (non-hydrogen) atoms. The number of benzene rings is 2. The fraction of sp³-hybridized carbons (Fsp3) is 0.208. The van der Waals surface area contributed by atoms with Crippen LogP contribution in [0.25, 0.3) is 5.57 Å². The standard InChI is InChI=1S/C24H26FN3O/c1-4-18-6-5-7-20-14-28(15-22(18)20)24(29)27-17(3)23(26)13-8-16(2)19-9-11-21(25)12-10-19/h5-13H,3-4,14-15,26H2,1-2H3,(H,27,29)/b16-8+,23-13+. The first-order valence-electron chi connectivity index (χ1n) is 9.64. The maximum atomic E-state index is 13.0. The number of nitrogens with one attached hydrogen (secondary N) is 1. The number of hydrogen-bond donors (Lipinski definition) is 2. The van der Waals surface area contributed by atoms with Crippen LogP contribution >= 0.6 is 0 Å². The van der Waals surface area contributed by atoms with Crippen molar-refractivity contribution >= 4 is 11.6 Å². The maximum absolute atomic E-state index is 13.0. The van der Waals surface area contributed by atoms with Gasteiger partial charge in [0, 0.05) is 13.1 Å². The lowest BCUT2D eigenvalue weighted by molar-refractivity contribution is 0.201.